The highest BCUT2D eigenvalue weighted by Gasteiger charge is 2.27. The maximum absolute atomic E-state index is 11.1. The highest BCUT2D eigenvalue weighted by Crippen LogP contribution is 2.44. The summed E-state index contributed by atoms with van der Waals surface area (Å²) in [5.41, 5.74) is 7.48. The first kappa shape index (κ1) is 21.6. The molecule has 7 heteroatoms. The van der Waals surface area contributed by atoms with Gasteiger partial charge >= 0.3 is 6.09 Å². The van der Waals surface area contributed by atoms with Crippen LogP contribution in [-0.2, 0) is 0 Å². The van der Waals surface area contributed by atoms with Gasteiger partial charge in [0.15, 0.2) is 5.82 Å². The number of benzene rings is 3. The molecule has 5 aromatic rings. The quantitative estimate of drug-likeness (QED) is 0.266. The van der Waals surface area contributed by atoms with Crippen LogP contribution in [0.2, 0.25) is 0 Å². The fourth-order valence-electron chi connectivity index (χ4n) is 4.69. The van der Waals surface area contributed by atoms with E-state index in [4.69, 9.17) is 10.1 Å². The minimum absolute atomic E-state index is 0.325. The lowest BCUT2D eigenvalue weighted by Gasteiger charge is -2.15. The second-order valence-corrected chi connectivity index (χ2v) is 8.67. The Hall–Kier alpha value is -4.91. The molecule has 0 fully saturated rings. The molecule has 0 spiro atoms. The number of fused-ring (bicyclic) bond motifs is 5. The van der Waals surface area contributed by atoms with Crippen LogP contribution in [0.3, 0.4) is 0 Å². The Morgan fingerprint density at radius 2 is 1.67 bits per heavy atom. The number of nitrogens with one attached hydrogen (secondary N) is 2. The minimum atomic E-state index is -1.05. The maximum Gasteiger partial charge on any atom is 0.405 e. The zero-order chi connectivity index (χ0) is 24.6. The number of anilines is 2. The van der Waals surface area contributed by atoms with Crippen LogP contribution >= 0.6 is 0 Å². The van der Waals surface area contributed by atoms with Crippen LogP contribution in [0, 0.1) is 0 Å². The number of carbonyl (C=O) groups is 1. The largest absolute Gasteiger partial charge is 0.465 e. The number of rotatable bonds is 4. The second kappa shape index (κ2) is 8.70. The lowest BCUT2D eigenvalue weighted by atomic mass is 10.0. The number of hydrogen-bond acceptors (Lipinski definition) is 4. The summed E-state index contributed by atoms with van der Waals surface area (Å²) < 4.78 is 2.16. The molecule has 2 aromatic heterocycles. The van der Waals surface area contributed by atoms with Crippen molar-refractivity contribution < 1.29 is 9.90 Å². The summed E-state index contributed by atoms with van der Waals surface area (Å²) in [5.74, 6) is 1.57. The number of imidazole rings is 1. The molecule has 0 aliphatic carbocycles. The van der Waals surface area contributed by atoms with E-state index < -0.39 is 6.09 Å². The van der Waals surface area contributed by atoms with E-state index >= 15 is 0 Å². The Morgan fingerprint density at radius 1 is 0.917 bits per heavy atom. The van der Waals surface area contributed by atoms with Crippen molar-refractivity contribution in [1.29, 1.82) is 0 Å². The molecule has 6 rings (SSSR count). The molecule has 0 radical (unpaired) electrons. The van der Waals surface area contributed by atoms with Gasteiger partial charge in [0.2, 0.25) is 0 Å². The molecule has 0 saturated carbocycles. The second-order valence-electron chi connectivity index (χ2n) is 8.67. The minimum Gasteiger partial charge on any atom is -0.465 e. The Kier molecular flexibility index (Phi) is 5.22. The Labute approximate surface area is 208 Å². The fourth-order valence-corrected chi connectivity index (χ4v) is 4.69. The molecule has 3 aromatic carbocycles. The average Bonchev–Trinajstić information content (AvgIpc) is 3.23. The summed E-state index contributed by atoms with van der Waals surface area (Å²) in [5, 5.41) is 15.1. The fraction of sp³-hybridized carbons (Fsp3) is 0.0690. The van der Waals surface area contributed by atoms with Gasteiger partial charge in [0, 0.05) is 22.9 Å². The molecule has 1 atom stereocenters. The van der Waals surface area contributed by atoms with Gasteiger partial charge in [0.05, 0.1) is 28.8 Å². The highest BCUT2D eigenvalue weighted by atomic mass is 16.4. The van der Waals surface area contributed by atoms with Crippen molar-refractivity contribution in [2.45, 2.75) is 13.0 Å². The molecule has 7 nitrogen and oxygen atoms in total. The van der Waals surface area contributed by atoms with Gasteiger partial charge in [-0.1, -0.05) is 66.7 Å². The molecule has 0 bridgehead atoms. The number of pyridine rings is 1. The van der Waals surface area contributed by atoms with Gasteiger partial charge < -0.3 is 15.7 Å². The smallest absolute Gasteiger partial charge is 0.405 e. The first-order valence-corrected chi connectivity index (χ1v) is 11.7. The standard InChI is InChI=1S/C29H23N5O2/c1-18(31-29(35)36)19-13-15-21(16-14-19)26-25(20-8-3-2-4-9-20)33-28-22-10-5-6-11-23(22)32-27-24(34(26)28)12-7-17-30-27/h2-18,31H,1H3,(H,30,32)(H,35,36). The predicted octanol–water partition coefficient (Wildman–Crippen LogP) is 6.65. The van der Waals surface area contributed by atoms with Crippen LogP contribution < -0.4 is 10.6 Å². The van der Waals surface area contributed by atoms with Crippen molar-refractivity contribution >= 4 is 17.6 Å². The summed E-state index contributed by atoms with van der Waals surface area (Å²) in [6.45, 7) is 1.83. The zero-order valence-electron chi connectivity index (χ0n) is 19.5. The van der Waals surface area contributed by atoms with Crippen molar-refractivity contribution in [3.05, 3.63) is 103 Å². The van der Waals surface area contributed by atoms with Crippen LogP contribution in [0.5, 0.6) is 0 Å². The molecule has 1 aliphatic rings. The van der Waals surface area contributed by atoms with E-state index in [0.29, 0.717) is 0 Å². The van der Waals surface area contributed by atoms with E-state index in [0.717, 1.165) is 56.7 Å². The van der Waals surface area contributed by atoms with Crippen LogP contribution in [0.25, 0.3) is 39.6 Å². The lowest BCUT2D eigenvalue weighted by molar-refractivity contribution is 0.191. The third-order valence-electron chi connectivity index (χ3n) is 6.40. The van der Waals surface area contributed by atoms with E-state index in [-0.39, 0.29) is 6.04 Å². The molecule has 3 heterocycles. The summed E-state index contributed by atoms with van der Waals surface area (Å²) in [4.78, 5) is 20.9. The SMILES string of the molecule is CC(NC(=O)O)c1ccc(-c2c(-c3ccccc3)nc3n2-c2cccnc2Nc2ccccc2-3)cc1. The average molecular weight is 474 g/mol. The van der Waals surface area contributed by atoms with Crippen LogP contribution in [0.1, 0.15) is 18.5 Å². The van der Waals surface area contributed by atoms with Crippen molar-refractivity contribution in [3.8, 4) is 39.6 Å². The Bertz CT molecular complexity index is 1580. The lowest BCUT2D eigenvalue weighted by Crippen LogP contribution is -2.24. The van der Waals surface area contributed by atoms with Gasteiger partial charge in [-0.05, 0) is 36.8 Å². The van der Waals surface area contributed by atoms with Gasteiger partial charge in [-0.3, -0.25) is 4.57 Å². The van der Waals surface area contributed by atoms with E-state index in [1.165, 1.54) is 0 Å². The van der Waals surface area contributed by atoms with Crippen molar-refractivity contribution in [2.24, 2.45) is 0 Å². The van der Waals surface area contributed by atoms with Crippen molar-refractivity contribution in [3.63, 3.8) is 0 Å². The molecule has 0 saturated heterocycles. The Balaban J connectivity index is 1.63. The number of amides is 1. The molecule has 36 heavy (non-hydrogen) atoms. The van der Waals surface area contributed by atoms with E-state index in [9.17, 15) is 4.79 Å². The van der Waals surface area contributed by atoms with Crippen LogP contribution in [0.4, 0.5) is 16.3 Å². The van der Waals surface area contributed by atoms with Gasteiger partial charge in [0.1, 0.15) is 5.82 Å². The van der Waals surface area contributed by atoms with Gasteiger partial charge in [0.25, 0.3) is 0 Å². The topological polar surface area (TPSA) is 92.1 Å². The normalized spacial score (nSPS) is 12.4. The molecule has 1 unspecified atom stereocenters. The molecule has 1 amide bonds. The zero-order valence-corrected chi connectivity index (χ0v) is 19.5. The molecular formula is C29H23N5O2. The highest BCUT2D eigenvalue weighted by molar-refractivity contribution is 5.90. The van der Waals surface area contributed by atoms with Gasteiger partial charge in [-0.15, -0.1) is 0 Å². The first-order valence-electron chi connectivity index (χ1n) is 11.7. The molecule has 1 aliphatic heterocycles. The Morgan fingerprint density at radius 3 is 2.44 bits per heavy atom. The summed E-state index contributed by atoms with van der Waals surface area (Å²) in [7, 11) is 0. The number of carboxylic acid groups (broad SMARTS) is 1. The monoisotopic (exact) mass is 473 g/mol. The summed E-state index contributed by atoms with van der Waals surface area (Å²) >= 11 is 0. The number of nitrogens with zero attached hydrogens (tertiary/aromatic N) is 3. The van der Waals surface area contributed by atoms with Gasteiger partial charge in [-0.2, -0.15) is 0 Å². The molecular weight excluding hydrogens is 450 g/mol. The van der Waals surface area contributed by atoms with E-state index in [1.807, 2.05) is 79.7 Å². The van der Waals surface area contributed by atoms with E-state index in [1.54, 1.807) is 6.20 Å². The van der Waals surface area contributed by atoms with Crippen LogP contribution in [-0.4, -0.2) is 25.7 Å². The first-order chi connectivity index (χ1) is 17.6. The number of aromatic nitrogens is 3. The maximum atomic E-state index is 11.1. The van der Waals surface area contributed by atoms with Gasteiger partial charge in [-0.25, -0.2) is 14.8 Å². The van der Waals surface area contributed by atoms with E-state index in [2.05, 4.69) is 38.4 Å². The third-order valence-corrected chi connectivity index (χ3v) is 6.40. The summed E-state index contributed by atoms with van der Waals surface area (Å²) in [6, 6.07) is 29.8. The third kappa shape index (κ3) is 3.67. The predicted molar refractivity (Wildman–Crippen MR) is 141 cm³/mol. The summed E-state index contributed by atoms with van der Waals surface area (Å²) in [6.07, 6.45) is 0.731. The molecule has 176 valence electrons. The number of hydrogen-bond donors (Lipinski definition) is 3. The van der Waals surface area contributed by atoms with Crippen molar-refractivity contribution in [1.82, 2.24) is 19.9 Å². The van der Waals surface area contributed by atoms with Crippen LogP contribution in [0.15, 0.2) is 97.2 Å². The van der Waals surface area contributed by atoms with Crippen molar-refractivity contribution in [2.75, 3.05) is 5.32 Å². The molecule has 3 N–H and O–H groups in total. The number of para-hydroxylation sites is 1.